The third-order valence-corrected chi connectivity index (χ3v) is 2.52. The molecule has 0 radical (unpaired) electrons. The third-order valence-electron chi connectivity index (χ3n) is 1.71. The van der Waals surface area contributed by atoms with Crippen molar-refractivity contribution in [3.8, 4) is 0 Å². The van der Waals surface area contributed by atoms with E-state index in [1.165, 1.54) is 0 Å². The van der Waals surface area contributed by atoms with Crippen LogP contribution in [0.1, 0.15) is 5.56 Å². The summed E-state index contributed by atoms with van der Waals surface area (Å²) in [6.07, 6.45) is 0. The Bertz CT molecular complexity index is 470. The van der Waals surface area contributed by atoms with Gasteiger partial charge >= 0.3 is 0 Å². The molecule has 1 heterocycles. The highest BCUT2D eigenvalue weighted by atomic mass is 32.1. The molecule has 13 heavy (non-hydrogen) atoms. The summed E-state index contributed by atoms with van der Waals surface area (Å²) in [5.74, 6) is 0. The summed E-state index contributed by atoms with van der Waals surface area (Å²) in [5, 5.41) is 3.49. The highest BCUT2D eigenvalue weighted by Gasteiger charge is 1.97. The van der Waals surface area contributed by atoms with E-state index in [9.17, 15) is 0 Å². The number of hydrogen-bond acceptors (Lipinski definition) is 3. The minimum Gasteiger partial charge on any atom is -0.245 e. The van der Waals surface area contributed by atoms with Gasteiger partial charge in [0, 0.05) is 4.91 Å². The predicted octanol–water partition coefficient (Wildman–Crippen LogP) is 3.11. The van der Waals surface area contributed by atoms with Crippen molar-refractivity contribution >= 4 is 21.6 Å². The lowest BCUT2D eigenvalue weighted by molar-refractivity contribution is 1.05. The first-order valence-corrected chi connectivity index (χ1v) is 4.61. The molecular weight excluding hydrogens is 184 g/mol. The van der Waals surface area contributed by atoms with Crippen LogP contribution in [0.5, 0.6) is 0 Å². The lowest BCUT2D eigenvalue weighted by Gasteiger charge is -1.93. The van der Waals surface area contributed by atoms with Crippen LogP contribution in [0.25, 0.3) is 20.7 Å². The van der Waals surface area contributed by atoms with Gasteiger partial charge in [-0.1, -0.05) is 11.2 Å². The highest BCUT2D eigenvalue weighted by Crippen LogP contribution is 2.19. The molecule has 0 N–H and O–H groups in total. The van der Waals surface area contributed by atoms with E-state index in [1.54, 1.807) is 11.3 Å². The molecule has 64 valence electrons. The van der Waals surface area contributed by atoms with Gasteiger partial charge in [-0.15, -0.1) is 11.3 Å². The predicted molar refractivity (Wildman–Crippen MR) is 52.5 cm³/mol. The fourth-order valence-electron chi connectivity index (χ4n) is 1.12. The van der Waals surface area contributed by atoms with Gasteiger partial charge in [-0.3, -0.25) is 0 Å². The van der Waals surface area contributed by atoms with Crippen LogP contribution in [0.2, 0.25) is 0 Å². The second-order valence-electron chi connectivity index (χ2n) is 2.54. The largest absolute Gasteiger partial charge is 0.245 e. The van der Waals surface area contributed by atoms with Crippen molar-refractivity contribution in [1.82, 2.24) is 4.98 Å². The van der Waals surface area contributed by atoms with Gasteiger partial charge in [0.15, 0.2) is 0 Å². The van der Waals surface area contributed by atoms with E-state index < -0.39 is 0 Å². The summed E-state index contributed by atoms with van der Waals surface area (Å²) >= 11 is 1.61. The molecule has 2 rings (SSSR count). The molecule has 0 aliphatic rings. The molecule has 1 aromatic heterocycles. The molecule has 0 unspecified atom stereocenters. The number of aromatic nitrogens is 1. The monoisotopic (exact) mass is 190 g/mol. The molecule has 0 fully saturated rings. The molecule has 0 saturated heterocycles. The van der Waals surface area contributed by atoms with E-state index in [-0.39, 0.29) is 0 Å². The molecule has 0 aliphatic carbocycles. The van der Waals surface area contributed by atoms with Crippen LogP contribution >= 0.6 is 11.3 Å². The van der Waals surface area contributed by atoms with Crippen molar-refractivity contribution in [2.75, 3.05) is 0 Å². The van der Waals surface area contributed by atoms with Crippen LogP contribution in [-0.4, -0.2) is 4.98 Å². The van der Waals surface area contributed by atoms with Crippen molar-refractivity contribution in [2.24, 2.45) is 5.11 Å². The summed E-state index contributed by atoms with van der Waals surface area (Å²) < 4.78 is 1.16. The van der Waals surface area contributed by atoms with Gasteiger partial charge in [0.1, 0.15) is 0 Å². The van der Waals surface area contributed by atoms with Crippen LogP contribution in [0.15, 0.2) is 28.8 Å². The van der Waals surface area contributed by atoms with Gasteiger partial charge in [-0.2, -0.15) is 0 Å². The van der Waals surface area contributed by atoms with E-state index in [0.29, 0.717) is 6.54 Å². The van der Waals surface area contributed by atoms with Crippen molar-refractivity contribution in [1.29, 1.82) is 0 Å². The van der Waals surface area contributed by atoms with Crippen LogP contribution in [0.3, 0.4) is 0 Å². The van der Waals surface area contributed by atoms with Crippen LogP contribution in [0.4, 0.5) is 0 Å². The summed E-state index contributed by atoms with van der Waals surface area (Å²) in [6.45, 7) is 0.393. The lowest BCUT2D eigenvalue weighted by atomic mass is 10.2. The summed E-state index contributed by atoms with van der Waals surface area (Å²) in [4.78, 5) is 6.88. The number of nitrogens with zero attached hydrogens (tertiary/aromatic N) is 4. The topological polar surface area (TPSA) is 61.7 Å². The van der Waals surface area contributed by atoms with E-state index in [1.807, 2.05) is 23.7 Å². The van der Waals surface area contributed by atoms with Gasteiger partial charge < -0.3 is 0 Å². The maximum atomic E-state index is 8.15. The lowest BCUT2D eigenvalue weighted by Crippen LogP contribution is -1.78. The fourth-order valence-corrected chi connectivity index (χ4v) is 1.77. The molecule has 0 aliphatic heterocycles. The Hall–Kier alpha value is -1.58. The van der Waals surface area contributed by atoms with Gasteiger partial charge in [0.05, 0.1) is 22.3 Å². The molecule has 4 nitrogen and oxygen atoms in total. The number of thiazole rings is 1. The SMILES string of the molecule is [N-]=[N+]=NCc1ccc2scnc2c1. The fraction of sp³-hybridized carbons (Fsp3) is 0.125. The number of fused-ring (bicyclic) bond motifs is 1. The molecule has 0 saturated carbocycles. The standard InChI is InChI=1S/C8H6N4S/c9-12-11-4-6-1-2-8-7(3-6)10-5-13-8/h1-3,5H,4H2. The van der Waals surface area contributed by atoms with Gasteiger partial charge in [0.25, 0.3) is 0 Å². The van der Waals surface area contributed by atoms with Gasteiger partial charge in [0.2, 0.25) is 0 Å². The Kier molecular flexibility index (Phi) is 2.12. The first kappa shape index (κ1) is 8.04. The summed E-state index contributed by atoms with van der Waals surface area (Å²) in [5.41, 5.74) is 11.9. The first-order chi connectivity index (χ1) is 6.40. The van der Waals surface area contributed by atoms with Gasteiger partial charge in [-0.05, 0) is 23.2 Å². The molecule has 0 atom stereocenters. The summed E-state index contributed by atoms with van der Waals surface area (Å²) in [7, 11) is 0. The average Bonchev–Trinajstić information content (AvgIpc) is 2.61. The third kappa shape index (κ3) is 1.61. The van der Waals surface area contributed by atoms with Gasteiger partial charge in [-0.25, -0.2) is 4.98 Å². The van der Waals surface area contributed by atoms with Crippen molar-refractivity contribution in [3.63, 3.8) is 0 Å². The Morgan fingerprint density at radius 3 is 3.31 bits per heavy atom. The van der Waals surface area contributed by atoms with Crippen molar-refractivity contribution < 1.29 is 0 Å². The van der Waals surface area contributed by atoms with E-state index in [2.05, 4.69) is 15.0 Å². The zero-order valence-electron chi connectivity index (χ0n) is 6.71. The zero-order chi connectivity index (χ0) is 9.10. The summed E-state index contributed by atoms with van der Waals surface area (Å²) in [6, 6.07) is 5.89. The molecule has 2 aromatic rings. The quantitative estimate of drug-likeness (QED) is 0.407. The van der Waals surface area contributed by atoms with Crippen LogP contribution < -0.4 is 0 Å². The molecule has 1 aromatic carbocycles. The van der Waals surface area contributed by atoms with E-state index in [4.69, 9.17) is 5.53 Å². The van der Waals surface area contributed by atoms with Crippen molar-refractivity contribution in [2.45, 2.75) is 6.54 Å². The normalized spacial score (nSPS) is 9.85. The Morgan fingerprint density at radius 2 is 2.46 bits per heavy atom. The number of rotatable bonds is 2. The average molecular weight is 190 g/mol. The molecule has 0 spiro atoms. The van der Waals surface area contributed by atoms with Crippen LogP contribution in [0, 0.1) is 0 Å². The molecular formula is C8H6N4S. The first-order valence-electron chi connectivity index (χ1n) is 3.73. The van der Waals surface area contributed by atoms with Crippen molar-refractivity contribution in [3.05, 3.63) is 39.7 Å². The number of benzene rings is 1. The maximum Gasteiger partial charge on any atom is 0.0814 e. The Morgan fingerprint density at radius 1 is 1.54 bits per heavy atom. The minimum atomic E-state index is 0.393. The Balaban J connectivity index is 2.42. The maximum absolute atomic E-state index is 8.15. The number of hydrogen-bond donors (Lipinski definition) is 0. The Labute approximate surface area is 78.5 Å². The zero-order valence-corrected chi connectivity index (χ0v) is 7.53. The highest BCUT2D eigenvalue weighted by molar-refractivity contribution is 7.16. The smallest absolute Gasteiger partial charge is 0.0814 e. The minimum absolute atomic E-state index is 0.393. The number of azide groups is 1. The van der Waals surface area contributed by atoms with Crippen LogP contribution in [-0.2, 0) is 6.54 Å². The van der Waals surface area contributed by atoms with E-state index >= 15 is 0 Å². The molecule has 0 bridgehead atoms. The second kappa shape index (κ2) is 3.43. The van der Waals surface area contributed by atoms with E-state index in [0.717, 1.165) is 15.8 Å². The second-order valence-corrected chi connectivity index (χ2v) is 3.43. The molecule has 0 amide bonds. The molecule has 5 heteroatoms.